The van der Waals surface area contributed by atoms with Crippen LogP contribution in [0.1, 0.15) is 16.7 Å². The summed E-state index contributed by atoms with van der Waals surface area (Å²) >= 11 is 0. The molecule has 0 heterocycles. The topological polar surface area (TPSA) is 105 Å². The molecule has 0 N–H and O–H groups in total. The number of nitro benzene ring substituents is 1. The van der Waals surface area contributed by atoms with E-state index in [2.05, 4.69) is 0 Å². The zero-order valence-electron chi connectivity index (χ0n) is 21.1. The van der Waals surface area contributed by atoms with Gasteiger partial charge in [0.15, 0.2) is 11.6 Å². The van der Waals surface area contributed by atoms with Crippen LogP contribution in [0.4, 0.5) is 24.5 Å². The Bertz CT molecular complexity index is 1550. The molecule has 8 nitrogen and oxygen atoms in total. The summed E-state index contributed by atoms with van der Waals surface area (Å²) in [6.45, 7) is 1.01. The average molecular weight is 551 g/mol. The van der Waals surface area contributed by atoms with Gasteiger partial charge in [-0.25, -0.2) is 13.2 Å². The molecule has 0 aliphatic heterocycles. The second-order valence-electron chi connectivity index (χ2n) is 8.77. The van der Waals surface area contributed by atoms with Crippen LogP contribution in [0.5, 0.6) is 17.2 Å². The summed E-state index contributed by atoms with van der Waals surface area (Å²) < 4.78 is 52.5. The van der Waals surface area contributed by atoms with Gasteiger partial charge in [-0.15, -0.1) is 0 Å². The van der Waals surface area contributed by atoms with Crippen molar-refractivity contribution in [1.82, 2.24) is 0 Å². The van der Waals surface area contributed by atoms with Gasteiger partial charge in [0.1, 0.15) is 29.7 Å². The van der Waals surface area contributed by atoms with E-state index in [9.17, 15) is 33.2 Å². The Morgan fingerprint density at radius 1 is 0.900 bits per heavy atom. The Hall–Kier alpha value is -5.06. The van der Waals surface area contributed by atoms with Crippen molar-refractivity contribution in [2.75, 3.05) is 11.5 Å². The van der Waals surface area contributed by atoms with Gasteiger partial charge in [-0.05, 0) is 48.9 Å². The standard InChI is InChI=1S/C29H23F3N2O6/c1-18-26(3-2-4-27(18)34(37)38)33(16-20-7-8-21(30)13-25(20)32)15-19-5-9-22(10-6-19)40-23-11-12-24(31)28(14-23)39-17-29(35)36/h2-14H,15-17H2,1H3,(H,35,36)/p-1. The fourth-order valence-corrected chi connectivity index (χ4v) is 4.05. The third-order valence-corrected chi connectivity index (χ3v) is 5.97. The maximum Gasteiger partial charge on any atom is 0.274 e. The van der Waals surface area contributed by atoms with Crippen molar-refractivity contribution in [2.45, 2.75) is 20.0 Å². The highest BCUT2D eigenvalue weighted by Crippen LogP contribution is 2.32. The van der Waals surface area contributed by atoms with E-state index in [1.165, 1.54) is 24.3 Å². The fourth-order valence-electron chi connectivity index (χ4n) is 4.05. The van der Waals surface area contributed by atoms with Gasteiger partial charge in [0.2, 0.25) is 0 Å². The Morgan fingerprint density at radius 2 is 1.62 bits per heavy atom. The molecule has 0 aromatic heterocycles. The van der Waals surface area contributed by atoms with E-state index in [0.717, 1.165) is 23.8 Å². The van der Waals surface area contributed by atoms with Crippen molar-refractivity contribution in [3.63, 3.8) is 0 Å². The lowest BCUT2D eigenvalue weighted by molar-refractivity contribution is -0.385. The molecule has 206 valence electrons. The minimum absolute atomic E-state index is 0.0105. The largest absolute Gasteiger partial charge is 0.546 e. The molecule has 0 aliphatic carbocycles. The molecule has 0 saturated heterocycles. The molecule has 4 aromatic carbocycles. The van der Waals surface area contributed by atoms with E-state index in [-0.39, 0.29) is 35.8 Å². The van der Waals surface area contributed by atoms with Crippen LogP contribution in [0.3, 0.4) is 0 Å². The summed E-state index contributed by atoms with van der Waals surface area (Å²) in [7, 11) is 0. The predicted molar refractivity (Wildman–Crippen MR) is 137 cm³/mol. The molecule has 0 spiro atoms. The molecular weight excluding hydrogens is 529 g/mol. The summed E-state index contributed by atoms with van der Waals surface area (Å²) in [6.07, 6.45) is 0. The first-order valence-corrected chi connectivity index (χ1v) is 11.9. The van der Waals surface area contributed by atoms with E-state index >= 15 is 0 Å². The third-order valence-electron chi connectivity index (χ3n) is 5.97. The second kappa shape index (κ2) is 12.2. The summed E-state index contributed by atoms with van der Waals surface area (Å²) in [6, 6.07) is 18.2. The minimum atomic E-state index is -1.50. The number of anilines is 1. The molecule has 0 fully saturated rings. The number of carboxylic acid groups (broad SMARTS) is 1. The van der Waals surface area contributed by atoms with Gasteiger partial charge < -0.3 is 24.3 Å². The molecule has 0 atom stereocenters. The Kier molecular flexibility index (Phi) is 8.53. The fraction of sp³-hybridized carbons (Fsp3) is 0.138. The molecule has 0 unspecified atom stereocenters. The molecular formula is C29H22F3N2O6-. The number of nitrogens with zero attached hydrogens (tertiary/aromatic N) is 2. The van der Waals surface area contributed by atoms with Crippen LogP contribution in [-0.2, 0) is 17.9 Å². The molecule has 0 saturated carbocycles. The second-order valence-corrected chi connectivity index (χ2v) is 8.77. The van der Waals surface area contributed by atoms with Crippen LogP contribution in [0, 0.1) is 34.5 Å². The highest BCUT2D eigenvalue weighted by atomic mass is 19.1. The van der Waals surface area contributed by atoms with E-state index < -0.39 is 35.0 Å². The molecule has 0 aliphatic rings. The van der Waals surface area contributed by atoms with Gasteiger partial charge in [0, 0.05) is 42.5 Å². The van der Waals surface area contributed by atoms with E-state index in [1.54, 1.807) is 48.2 Å². The van der Waals surface area contributed by atoms with Crippen LogP contribution in [0.2, 0.25) is 0 Å². The van der Waals surface area contributed by atoms with Gasteiger partial charge >= 0.3 is 0 Å². The Morgan fingerprint density at radius 3 is 2.30 bits per heavy atom. The first kappa shape index (κ1) is 28.0. The summed E-state index contributed by atoms with van der Waals surface area (Å²) in [5.74, 6) is -3.45. The van der Waals surface area contributed by atoms with E-state index in [0.29, 0.717) is 17.0 Å². The first-order chi connectivity index (χ1) is 19.1. The highest BCUT2D eigenvalue weighted by molar-refractivity contribution is 5.66. The number of aliphatic carboxylic acids is 1. The molecule has 40 heavy (non-hydrogen) atoms. The maximum absolute atomic E-state index is 14.5. The number of ether oxygens (including phenoxy) is 2. The van der Waals surface area contributed by atoms with Crippen LogP contribution in [-0.4, -0.2) is 17.5 Å². The molecule has 4 aromatic rings. The summed E-state index contributed by atoms with van der Waals surface area (Å²) in [5.41, 5.74) is 1.77. The van der Waals surface area contributed by atoms with E-state index in [4.69, 9.17) is 9.47 Å². The molecule has 11 heteroatoms. The van der Waals surface area contributed by atoms with Crippen molar-refractivity contribution in [2.24, 2.45) is 0 Å². The number of carbonyl (C=O) groups excluding carboxylic acids is 1. The van der Waals surface area contributed by atoms with Crippen molar-refractivity contribution < 1.29 is 37.5 Å². The van der Waals surface area contributed by atoms with Gasteiger partial charge in [-0.2, -0.15) is 0 Å². The maximum atomic E-state index is 14.5. The monoisotopic (exact) mass is 551 g/mol. The average Bonchev–Trinajstić information content (AvgIpc) is 2.91. The lowest BCUT2D eigenvalue weighted by Gasteiger charge is -2.27. The number of carbonyl (C=O) groups is 1. The van der Waals surface area contributed by atoms with Crippen molar-refractivity contribution in [3.05, 3.63) is 123 Å². The highest BCUT2D eigenvalue weighted by Gasteiger charge is 2.20. The van der Waals surface area contributed by atoms with Gasteiger partial charge in [-0.1, -0.05) is 24.3 Å². The normalized spacial score (nSPS) is 10.7. The van der Waals surface area contributed by atoms with Crippen molar-refractivity contribution >= 4 is 17.3 Å². The molecule has 0 bridgehead atoms. The van der Waals surface area contributed by atoms with Crippen LogP contribution >= 0.6 is 0 Å². The molecule has 0 amide bonds. The Labute approximate surface area is 227 Å². The summed E-state index contributed by atoms with van der Waals surface area (Å²) in [5, 5.41) is 22.1. The number of carboxylic acids is 1. The van der Waals surface area contributed by atoms with Gasteiger partial charge in [-0.3, -0.25) is 10.1 Å². The first-order valence-electron chi connectivity index (χ1n) is 11.9. The summed E-state index contributed by atoms with van der Waals surface area (Å²) in [4.78, 5) is 23.4. The third kappa shape index (κ3) is 6.87. The predicted octanol–water partition coefficient (Wildman–Crippen LogP) is 5.45. The number of hydrogen-bond donors (Lipinski definition) is 0. The van der Waals surface area contributed by atoms with Gasteiger partial charge in [0.05, 0.1) is 16.5 Å². The number of halogens is 3. The van der Waals surface area contributed by atoms with Gasteiger partial charge in [0.25, 0.3) is 5.69 Å². The van der Waals surface area contributed by atoms with Crippen molar-refractivity contribution in [3.8, 4) is 17.2 Å². The minimum Gasteiger partial charge on any atom is -0.546 e. The molecule has 0 radical (unpaired) electrons. The number of nitro groups is 1. The zero-order chi connectivity index (χ0) is 28.8. The SMILES string of the molecule is Cc1c(N(Cc2ccc(Oc3ccc(F)c(OCC(=O)[O-])c3)cc2)Cc2ccc(F)cc2F)cccc1[N+](=O)[O-]. The smallest absolute Gasteiger partial charge is 0.274 e. The zero-order valence-corrected chi connectivity index (χ0v) is 21.1. The quantitative estimate of drug-likeness (QED) is 0.180. The van der Waals surface area contributed by atoms with Crippen LogP contribution in [0.25, 0.3) is 0 Å². The van der Waals surface area contributed by atoms with E-state index in [1.807, 2.05) is 0 Å². The van der Waals surface area contributed by atoms with Crippen molar-refractivity contribution in [1.29, 1.82) is 0 Å². The lowest BCUT2D eigenvalue weighted by Crippen LogP contribution is -2.29. The number of benzene rings is 4. The van der Waals surface area contributed by atoms with Crippen LogP contribution < -0.4 is 19.5 Å². The number of hydrogen-bond acceptors (Lipinski definition) is 7. The van der Waals surface area contributed by atoms with Crippen LogP contribution in [0.15, 0.2) is 78.9 Å². The lowest BCUT2D eigenvalue weighted by atomic mass is 10.1. The molecule has 4 rings (SSSR count). The Balaban J connectivity index is 1.57. The number of rotatable bonds is 11.